The van der Waals surface area contributed by atoms with E-state index in [-0.39, 0.29) is 29.1 Å². The van der Waals surface area contributed by atoms with E-state index >= 15 is 0 Å². The van der Waals surface area contributed by atoms with Gasteiger partial charge in [-0.1, -0.05) is 86.6 Å². The molecule has 4 aromatic rings. The monoisotopic (exact) mass is 650 g/mol. The van der Waals surface area contributed by atoms with Crippen molar-refractivity contribution in [3.8, 4) is 5.75 Å². The number of nitrogens with two attached hydrogens (primary N) is 1. The molecule has 0 radical (unpaired) electrons. The van der Waals surface area contributed by atoms with Gasteiger partial charge in [0.05, 0.1) is 12.1 Å². The number of benzene rings is 4. The average molecular weight is 651 g/mol. The lowest BCUT2D eigenvalue weighted by Crippen LogP contribution is -2.48. The van der Waals surface area contributed by atoms with Crippen molar-refractivity contribution in [2.24, 2.45) is 5.73 Å². The Bertz CT molecular complexity index is 1610. The molecule has 3 amide bonds. The van der Waals surface area contributed by atoms with E-state index in [0.717, 1.165) is 29.5 Å². The highest BCUT2D eigenvalue weighted by Crippen LogP contribution is 2.18. The third-order valence-corrected chi connectivity index (χ3v) is 7.93. The van der Waals surface area contributed by atoms with E-state index < -0.39 is 24.0 Å². The molecule has 0 bridgehead atoms. The van der Waals surface area contributed by atoms with Crippen LogP contribution in [0, 0.1) is 0 Å². The minimum absolute atomic E-state index is 0.0617. The van der Waals surface area contributed by atoms with Gasteiger partial charge >= 0.3 is 0 Å². The first-order valence-corrected chi connectivity index (χ1v) is 16.5. The van der Waals surface area contributed by atoms with Crippen LogP contribution in [0.15, 0.2) is 103 Å². The SMILES string of the molecule is CCCN(CCC)C(=O)c1cc(C(N)=O)cc(C(=O)N[C@@H](Cc2ccc(OCc3ccccc3)cc2)[C@H](O)CNCc2ccccc2)c1. The van der Waals surface area contributed by atoms with Crippen molar-refractivity contribution < 1.29 is 24.2 Å². The number of carbonyl (C=O) groups excluding carboxylic acids is 3. The van der Waals surface area contributed by atoms with E-state index in [1.807, 2.05) is 98.8 Å². The fourth-order valence-corrected chi connectivity index (χ4v) is 5.42. The van der Waals surface area contributed by atoms with Crippen LogP contribution in [0.1, 0.15) is 74.5 Å². The first-order chi connectivity index (χ1) is 23.3. The number of carbonyl (C=O) groups is 3. The highest BCUT2D eigenvalue weighted by atomic mass is 16.5. The third-order valence-electron chi connectivity index (χ3n) is 7.93. The zero-order valence-electron chi connectivity index (χ0n) is 27.7. The topological polar surface area (TPSA) is 134 Å². The molecule has 0 aliphatic carbocycles. The average Bonchev–Trinajstić information content (AvgIpc) is 3.11. The van der Waals surface area contributed by atoms with Crippen LogP contribution in [-0.2, 0) is 19.6 Å². The molecule has 4 aromatic carbocycles. The van der Waals surface area contributed by atoms with Gasteiger partial charge in [-0.05, 0) is 66.3 Å². The predicted molar refractivity (Wildman–Crippen MR) is 188 cm³/mol. The van der Waals surface area contributed by atoms with Crippen LogP contribution < -0.4 is 21.1 Å². The summed E-state index contributed by atoms with van der Waals surface area (Å²) in [7, 11) is 0. The minimum atomic E-state index is -0.961. The largest absolute Gasteiger partial charge is 0.489 e. The molecule has 9 heteroatoms. The second-order valence-corrected chi connectivity index (χ2v) is 11.8. The van der Waals surface area contributed by atoms with Gasteiger partial charge in [0, 0.05) is 42.9 Å². The summed E-state index contributed by atoms with van der Waals surface area (Å²) in [5, 5.41) is 17.6. The number of nitrogens with zero attached hydrogens (tertiary/aromatic N) is 1. The Morgan fingerprint density at radius 2 is 1.35 bits per heavy atom. The normalized spacial score (nSPS) is 12.1. The molecule has 0 aromatic heterocycles. The first kappa shape index (κ1) is 35.9. The standard InChI is InChI=1S/C39H46N4O5/c1-3-19-43(20-4-2)39(47)33-23-31(37(40)45)22-32(24-33)38(46)42-35(36(44)26-41-25-29-11-7-5-8-12-29)21-28-15-17-34(18-16-28)48-27-30-13-9-6-10-14-30/h5-18,22-24,35-36,41,44H,3-4,19-21,25-27H2,1-2H3,(H2,40,45)(H,42,46)/t35-,36+/m0/s1. The molecule has 0 heterocycles. The van der Waals surface area contributed by atoms with E-state index in [0.29, 0.717) is 38.4 Å². The maximum Gasteiger partial charge on any atom is 0.253 e. The van der Waals surface area contributed by atoms with E-state index in [1.165, 1.54) is 18.2 Å². The van der Waals surface area contributed by atoms with Crippen LogP contribution in [0.5, 0.6) is 5.75 Å². The van der Waals surface area contributed by atoms with Gasteiger partial charge in [0.15, 0.2) is 0 Å². The van der Waals surface area contributed by atoms with Gasteiger partial charge in [0.1, 0.15) is 12.4 Å². The van der Waals surface area contributed by atoms with E-state index in [4.69, 9.17) is 10.5 Å². The van der Waals surface area contributed by atoms with Gasteiger partial charge in [-0.2, -0.15) is 0 Å². The quantitative estimate of drug-likeness (QED) is 0.118. The molecule has 0 unspecified atom stereocenters. The highest BCUT2D eigenvalue weighted by molar-refractivity contribution is 6.04. The molecule has 0 fully saturated rings. The van der Waals surface area contributed by atoms with Crippen molar-refractivity contribution in [3.63, 3.8) is 0 Å². The van der Waals surface area contributed by atoms with Crippen molar-refractivity contribution in [2.75, 3.05) is 19.6 Å². The number of aliphatic hydroxyl groups is 1. The molecule has 0 aliphatic heterocycles. The lowest BCUT2D eigenvalue weighted by molar-refractivity contribution is 0.0755. The second-order valence-electron chi connectivity index (χ2n) is 11.8. The smallest absolute Gasteiger partial charge is 0.253 e. The van der Waals surface area contributed by atoms with Crippen LogP contribution in [0.4, 0.5) is 0 Å². The Labute approximate surface area is 283 Å². The number of primary amides is 1. The van der Waals surface area contributed by atoms with Crippen molar-refractivity contribution in [1.82, 2.24) is 15.5 Å². The molecular formula is C39H46N4O5. The number of amides is 3. The summed E-state index contributed by atoms with van der Waals surface area (Å²) in [4.78, 5) is 41.1. The Hall–Kier alpha value is -4.99. The number of ether oxygens (including phenoxy) is 1. The van der Waals surface area contributed by atoms with Gasteiger partial charge in [0.2, 0.25) is 5.91 Å². The Morgan fingerprint density at radius 1 is 0.771 bits per heavy atom. The van der Waals surface area contributed by atoms with E-state index in [2.05, 4.69) is 10.6 Å². The Kier molecular flexibility index (Phi) is 13.7. The lowest BCUT2D eigenvalue weighted by Gasteiger charge is -2.25. The summed E-state index contributed by atoms with van der Waals surface area (Å²) in [6, 6.07) is 30.9. The maximum absolute atomic E-state index is 13.8. The van der Waals surface area contributed by atoms with Crippen LogP contribution in [0.2, 0.25) is 0 Å². The molecule has 2 atom stereocenters. The molecule has 0 saturated heterocycles. The van der Waals surface area contributed by atoms with E-state index in [9.17, 15) is 19.5 Å². The Balaban J connectivity index is 1.53. The number of aliphatic hydroxyl groups excluding tert-OH is 1. The van der Waals surface area contributed by atoms with Crippen molar-refractivity contribution >= 4 is 17.7 Å². The fraction of sp³-hybridized carbons (Fsp3) is 0.308. The number of hydrogen-bond donors (Lipinski definition) is 4. The van der Waals surface area contributed by atoms with Crippen molar-refractivity contribution in [3.05, 3.63) is 137 Å². The molecule has 9 nitrogen and oxygen atoms in total. The van der Waals surface area contributed by atoms with Crippen molar-refractivity contribution in [1.29, 1.82) is 0 Å². The van der Waals surface area contributed by atoms with E-state index in [1.54, 1.807) is 4.90 Å². The predicted octanol–water partition coefficient (Wildman–Crippen LogP) is 5.12. The van der Waals surface area contributed by atoms with Gasteiger partial charge < -0.3 is 31.1 Å². The zero-order chi connectivity index (χ0) is 34.3. The van der Waals surface area contributed by atoms with Crippen LogP contribution in [-0.4, -0.2) is 59.5 Å². The summed E-state index contributed by atoms with van der Waals surface area (Å²) in [6.07, 6.45) is 0.900. The van der Waals surface area contributed by atoms with Crippen LogP contribution in [0.25, 0.3) is 0 Å². The number of rotatable bonds is 18. The summed E-state index contributed by atoms with van der Waals surface area (Å²) in [5.41, 5.74) is 9.01. The fourth-order valence-electron chi connectivity index (χ4n) is 5.42. The van der Waals surface area contributed by atoms with Gasteiger partial charge in [-0.25, -0.2) is 0 Å². The summed E-state index contributed by atoms with van der Waals surface area (Å²) >= 11 is 0. The number of nitrogens with one attached hydrogen (secondary N) is 2. The molecule has 0 aliphatic rings. The van der Waals surface area contributed by atoms with Gasteiger partial charge in [0.25, 0.3) is 11.8 Å². The van der Waals surface area contributed by atoms with Crippen LogP contribution in [0.3, 0.4) is 0 Å². The molecule has 5 N–H and O–H groups in total. The third kappa shape index (κ3) is 10.8. The second kappa shape index (κ2) is 18.4. The highest BCUT2D eigenvalue weighted by Gasteiger charge is 2.25. The van der Waals surface area contributed by atoms with Crippen molar-refractivity contribution in [2.45, 2.75) is 58.4 Å². The maximum atomic E-state index is 13.8. The first-order valence-electron chi connectivity index (χ1n) is 16.5. The lowest BCUT2D eigenvalue weighted by atomic mass is 9.99. The minimum Gasteiger partial charge on any atom is -0.489 e. The summed E-state index contributed by atoms with van der Waals surface area (Å²) in [5.74, 6) is -0.840. The zero-order valence-corrected chi connectivity index (χ0v) is 27.7. The molecule has 0 spiro atoms. The molecule has 0 saturated carbocycles. The summed E-state index contributed by atoms with van der Waals surface area (Å²) < 4.78 is 5.93. The van der Waals surface area contributed by atoms with Gasteiger partial charge in [-0.15, -0.1) is 0 Å². The Morgan fingerprint density at radius 3 is 1.96 bits per heavy atom. The molecular weight excluding hydrogens is 604 g/mol. The molecule has 252 valence electrons. The number of hydrogen-bond acceptors (Lipinski definition) is 6. The molecule has 48 heavy (non-hydrogen) atoms. The summed E-state index contributed by atoms with van der Waals surface area (Å²) in [6.45, 7) is 6.27. The van der Waals surface area contributed by atoms with Gasteiger partial charge in [-0.3, -0.25) is 14.4 Å². The van der Waals surface area contributed by atoms with Crippen LogP contribution >= 0.6 is 0 Å². The molecule has 4 rings (SSSR count).